The molecule has 0 amide bonds. The Morgan fingerprint density at radius 2 is 1.94 bits per heavy atom. The molecule has 0 aromatic carbocycles. The molecule has 4 nitrogen and oxygen atoms in total. The minimum Gasteiger partial charge on any atom is -0.380 e. The van der Waals surface area contributed by atoms with Gasteiger partial charge in [-0.3, -0.25) is 0 Å². The molecule has 1 aromatic heterocycles. The molecular formula is C14H26N4. The second-order valence-corrected chi connectivity index (χ2v) is 5.22. The van der Waals surface area contributed by atoms with Crippen LogP contribution < -0.4 is 10.6 Å². The number of anilines is 1. The summed E-state index contributed by atoms with van der Waals surface area (Å²) in [4.78, 5) is 9.08. The summed E-state index contributed by atoms with van der Waals surface area (Å²) in [6.07, 6.45) is 3.04. The minimum atomic E-state index is 0.364. The van der Waals surface area contributed by atoms with Crippen molar-refractivity contribution in [1.29, 1.82) is 0 Å². The number of hydrogen-bond acceptors (Lipinski definition) is 4. The van der Waals surface area contributed by atoms with Crippen LogP contribution in [0.1, 0.15) is 58.5 Å². The first kappa shape index (κ1) is 14.9. The van der Waals surface area contributed by atoms with Gasteiger partial charge in [0.15, 0.2) is 0 Å². The SMILES string of the molecule is CCCNCc1nc(C(C)C)ncc1NC(C)C. The molecule has 4 heteroatoms. The van der Waals surface area contributed by atoms with Crippen LogP contribution in [0.5, 0.6) is 0 Å². The zero-order valence-electron chi connectivity index (χ0n) is 12.2. The van der Waals surface area contributed by atoms with Gasteiger partial charge in [-0.15, -0.1) is 0 Å². The summed E-state index contributed by atoms with van der Waals surface area (Å²) in [5, 5.41) is 6.80. The van der Waals surface area contributed by atoms with E-state index in [1.807, 2.05) is 6.20 Å². The molecule has 0 aliphatic heterocycles. The highest BCUT2D eigenvalue weighted by molar-refractivity contribution is 5.46. The molecule has 0 aliphatic rings. The summed E-state index contributed by atoms with van der Waals surface area (Å²) in [7, 11) is 0. The van der Waals surface area contributed by atoms with Crippen molar-refractivity contribution < 1.29 is 0 Å². The number of aromatic nitrogens is 2. The zero-order chi connectivity index (χ0) is 13.5. The van der Waals surface area contributed by atoms with E-state index in [2.05, 4.69) is 55.2 Å². The molecule has 0 unspecified atom stereocenters. The van der Waals surface area contributed by atoms with Gasteiger partial charge in [0.1, 0.15) is 5.82 Å². The fourth-order valence-electron chi connectivity index (χ4n) is 1.66. The Labute approximate surface area is 111 Å². The Hall–Kier alpha value is -1.16. The molecule has 0 radical (unpaired) electrons. The Morgan fingerprint density at radius 3 is 2.50 bits per heavy atom. The van der Waals surface area contributed by atoms with E-state index in [0.29, 0.717) is 12.0 Å². The van der Waals surface area contributed by atoms with Crippen molar-refractivity contribution in [2.24, 2.45) is 0 Å². The predicted octanol–water partition coefficient (Wildman–Crippen LogP) is 2.92. The Balaban J connectivity index is 2.87. The van der Waals surface area contributed by atoms with Gasteiger partial charge >= 0.3 is 0 Å². The molecule has 0 aliphatic carbocycles. The lowest BCUT2D eigenvalue weighted by Crippen LogP contribution is -2.20. The molecule has 0 saturated heterocycles. The number of hydrogen-bond donors (Lipinski definition) is 2. The maximum absolute atomic E-state index is 4.66. The Morgan fingerprint density at radius 1 is 1.22 bits per heavy atom. The number of rotatable bonds is 7. The second-order valence-electron chi connectivity index (χ2n) is 5.22. The van der Waals surface area contributed by atoms with Crippen LogP contribution in [0.25, 0.3) is 0 Å². The van der Waals surface area contributed by atoms with E-state index in [1.54, 1.807) is 0 Å². The van der Waals surface area contributed by atoms with Crippen molar-refractivity contribution in [3.05, 3.63) is 17.7 Å². The maximum atomic E-state index is 4.66. The van der Waals surface area contributed by atoms with Crippen LogP contribution in [-0.4, -0.2) is 22.6 Å². The van der Waals surface area contributed by atoms with Crippen molar-refractivity contribution in [2.45, 2.75) is 59.5 Å². The summed E-state index contributed by atoms with van der Waals surface area (Å²) in [6.45, 7) is 12.5. The van der Waals surface area contributed by atoms with E-state index in [0.717, 1.165) is 36.7 Å². The van der Waals surface area contributed by atoms with Crippen molar-refractivity contribution in [3.8, 4) is 0 Å². The lowest BCUT2D eigenvalue weighted by Gasteiger charge is -2.16. The molecule has 0 fully saturated rings. The second kappa shape index (κ2) is 7.31. The third-order valence-corrected chi connectivity index (χ3v) is 2.57. The van der Waals surface area contributed by atoms with E-state index in [-0.39, 0.29) is 0 Å². The first-order valence-corrected chi connectivity index (χ1v) is 6.87. The molecule has 0 saturated carbocycles. The first-order chi connectivity index (χ1) is 8.54. The molecule has 2 N–H and O–H groups in total. The van der Waals surface area contributed by atoms with Gasteiger partial charge in [-0.2, -0.15) is 0 Å². The van der Waals surface area contributed by atoms with Crippen LogP contribution in [0.3, 0.4) is 0 Å². The van der Waals surface area contributed by atoms with Crippen molar-refractivity contribution in [1.82, 2.24) is 15.3 Å². The highest BCUT2D eigenvalue weighted by atomic mass is 15.0. The molecule has 102 valence electrons. The lowest BCUT2D eigenvalue weighted by atomic mass is 10.2. The molecule has 1 rings (SSSR count). The van der Waals surface area contributed by atoms with Crippen LogP contribution in [0.4, 0.5) is 5.69 Å². The van der Waals surface area contributed by atoms with Crippen LogP contribution in [0, 0.1) is 0 Å². The number of nitrogens with zero attached hydrogens (tertiary/aromatic N) is 2. The average molecular weight is 250 g/mol. The fraction of sp³-hybridized carbons (Fsp3) is 0.714. The third-order valence-electron chi connectivity index (χ3n) is 2.57. The van der Waals surface area contributed by atoms with Crippen LogP contribution >= 0.6 is 0 Å². The maximum Gasteiger partial charge on any atom is 0.131 e. The van der Waals surface area contributed by atoms with Crippen molar-refractivity contribution in [2.75, 3.05) is 11.9 Å². The summed E-state index contributed by atoms with van der Waals surface area (Å²) < 4.78 is 0. The van der Waals surface area contributed by atoms with Gasteiger partial charge < -0.3 is 10.6 Å². The monoisotopic (exact) mass is 250 g/mol. The van der Waals surface area contributed by atoms with Crippen LogP contribution in [0.2, 0.25) is 0 Å². The first-order valence-electron chi connectivity index (χ1n) is 6.87. The number of nitrogens with one attached hydrogen (secondary N) is 2. The van der Waals surface area contributed by atoms with Crippen molar-refractivity contribution >= 4 is 5.69 Å². The molecule has 0 spiro atoms. The summed E-state index contributed by atoms with van der Waals surface area (Å²) in [6, 6.07) is 0.392. The molecule has 1 aromatic rings. The van der Waals surface area contributed by atoms with E-state index in [4.69, 9.17) is 0 Å². The standard InChI is InChI=1S/C14H26N4/c1-6-7-15-8-12-13(17-11(4)5)9-16-14(18-12)10(2)3/h9-11,15,17H,6-8H2,1-5H3. The van der Waals surface area contributed by atoms with Gasteiger partial charge in [-0.25, -0.2) is 9.97 Å². The highest BCUT2D eigenvalue weighted by Gasteiger charge is 2.10. The average Bonchev–Trinajstić information content (AvgIpc) is 2.30. The van der Waals surface area contributed by atoms with Gasteiger partial charge in [0.2, 0.25) is 0 Å². The molecule has 1 heterocycles. The van der Waals surface area contributed by atoms with Gasteiger partial charge in [-0.05, 0) is 26.8 Å². The lowest BCUT2D eigenvalue weighted by molar-refractivity contribution is 0.652. The topological polar surface area (TPSA) is 49.8 Å². The van der Waals surface area contributed by atoms with E-state index in [9.17, 15) is 0 Å². The normalized spacial score (nSPS) is 11.3. The van der Waals surface area contributed by atoms with E-state index in [1.165, 1.54) is 0 Å². The van der Waals surface area contributed by atoms with E-state index >= 15 is 0 Å². The van der Waals surface area contributed by atoms with Gasteiger partial charge in [0, 0.05) is 18.5 Å². The molecular weight excluding hydrogens is 224 g/mol. The highest BCUT2D eigenvalue weighted by Crippen LogP contribution is 2.17. The van der Waals surface area contributed by atoms with Crippen molar-refractivity contribution in [3.63, 3.8) is 0 Å². The Kier molecular flexibility index (Phi) is 6.05. The molecule has 0 bridgehead atoms. The largest absolute Gasteiger partial charge is 0.380 e. The van der Waals surface area contributed by atoms with Gasteiger partial charge in [-0.1, -0.05) is 20.8 Å². The van der Waals surface area contributed by atoms with Crippen LogP contribution in [0.15, 0.2) is 6.20 Å². The smallest absolute Gasteiger partial charge is 0.131 e. The summed E-state index contributed by atoms with van der Waals surface area (Å²) >= 11 is 0. The van der Waals surface area contributed by atoms with Crippen LogP contribution in [-0.2, 0) is 6.54 Å². The summed E-state index contributed by atoms with van der Waals surface area (Å²) in [5.74, 6) is 1.28. The minimum absolute atomic E-state index is 0.364. The molecule has 18 heavy (non-hydrogen) atoms. The van der Waals surface area contributed by atoms with Gasteiger partial charge in [0.05, 0.1) is 17.6 Å². The zero-order valence-corrected chi connectivity index (χ0v) is 12.2. The molecule has 0 atom stereocenters. The Bertz CT molecular complexity index is 361. The fourth-order valence-corrected chi connectivity index (χ4v) is 1.66. The van der Waals surface area contributed by atoms with Gasteiger partial charge in [0.25, 0.3) is 0 Å². The van der Waals surface area contributed by atoms with E-state index < -0.39 is 0 Å². The predicted molar refractivity (Wildman–Crippen MR) is 76.9 cm³/mol. The summed E-state index contributed by atoms with van der Waals surface area (Å²) in [5.41, 5.74) is 2.11. The third kappa shape index (κ3) is 4.61. The quantitative estimate of drug-likeness (QED) is 0.731.